The van der Waals surface area contributed by atoms with E-state index in [0.29, 0.717) is 6.61 Å². The Balaban J connectivity index is 3.06. The molecule has 0 amide bonds. The number of carbonyl (C=O) groups excluding carboxylic acids is 1. The van der Waals surface area contributed by atoms with Crippen molar-refractivity contribution in [3.63, 3.8) is 0 Å². The molecule has 0 aromatic rings. The molecule has 0 aromatic carbocycles. The zero-order valence-electron chi connectivity index (χ0n) is 9.05. The molecule has 2 heteroatoms. The highest BCUT2D eigenvalue weighted by Gasteiger charge is 1.98. The molecule has 0 unspecified atom stereocenters. The van der Waals surface area contributed by atoms with Gasteiger partial charge in [0.25, 0.3) is 0 Å². The van der Waals surface area contributed by atoms with Gasteiger partial charge in [0.1, 0.15) is 6.42 Å². The van der Waals surface area contributed by atoms with Crippen molar-refractivity contribution in [1.82, 2.24) is 0 Å². The Morgan fingerprint density at radius 2 is 1.86 bits per heavy atom. The summed E-state index contributed by atoms with van der Waals surface area (Å²) < 4.78 is 4.91. The van der Waals surface area contributed by atoms with E-state index in [2.05, 4.69) is 12.8 Å². The van der Waals surface area contributed by atoms with Crippen molar-refractivity contribution >= 4 is 5.97 Å². The number of terminal acetylenes is 1. The molecule has 2 nitrogen and oxygen atoms in total. The second kappa shape index (κ2) is 10.1. The summed E-state index contributed by atoms with van der Waals surface area (Å²) in [6, 6.07) is 0. The van der Waals surface area contributed by atoms with Crippen molar-refractivity contribution in [3.05, 3.63) is 0 Å². The van der Waals surface area contributed by atoms with Gasteiger partial charge in [-0.1, -0.05) is 44.9 Å². The fourth-order valence-corrected chi connectivity index (χ4v) is 1.20. The molecular formula is C12H20O2. The average Bonchev–Trinajstić information content (AvgIpc) is 2.17. The Morgan fingerprint density at radius 3 is 2.50 bits per heavy atom. The summed E-state index contributed by atoms with van der Waals surface area (Å²) in [6.45, 7) is 2.72. The monoisotopic (exact) mass is 196 g/mol. The Labute approximate surface area is 87.0 Å². The van der Waals surface area contributed by atoms with Crippen LogP contribution in [0, 0.1) is 12.3 Å². The van der Waals surface area contributed by atoms with Crippen molar-refractivity contribution in [2.24, 2.45) is 0 Å². The predicted octanol–water partition coefficient (Wildman–Crippen LogP) is 2.91. The van der Waals surface area contributed by atoms with Crippen LogP contribution in [0.5, 0.6) is 0 Å². The van der Waals surface area contributed by atoms with Crippen LogP contribution in [-0.2, 0) is 9.53 Å². The molecule has 0 aromatic heterocycles. The molecular weight excluding hydrogens is 176 g/mol. The minimum absolute atomic E-state index is 0.0931. The van der Waals surface area contributed by atoms with Gasteiger partial charge in [0.15, 0.2) is 0 Å². The van der Waals surface area contributed by atoms with Crippen LogP contribution in [0.1, 0.15) is 51.9 Å². The number of unbranched alkanes of at least 4 members (excludes halogenated alkanes) is 5. The first-order valence-electron chi connectivity index (χ1n) is 5.40. The molecule has 0 aliphatic heterocycles. The lowest BCUT2D eigenvalue weighted by Gasteiger charge is -2.02. The molecule has 0 heterocycles. The Morgan fingerprint density at radius 1 is 1.21 bits per heavy atom. The fourth-order valence-electron chi connectivity index (χ4n) is 1.20. The van der Waals surface area contributed by atoms with E-state index in [9.17, 15) is 4.79 Å². The zero-order valence-corrected chi connectivity index (χ0v) is 9.05. The number of carbonyl (C=O) groups is 1. The maximum Gasteiger partial charge on any atom is 0.317 e. The van der Waals surface area contributed by atoms with E-state index in [1.54, 1.807) is 0 Å². The normalized spacial score (nSPS) is 9.43. The van der Waals surface area contributed by atoms with Gasteiger partial charge in [0, 0.05) is 0 Å². The molecule has 0 fully saturated rings. The van der Waals surface area contributed by atoms with Gasteiger partial charge in [-0.15, -0.1) is 6.42 Å². The summed E-state index contributed by atoms with van der Waals surface area (Å²) in [5.41, 5.74) is 0. The second-order valence-electron chi connectivity index (χ2n) is 3.37. The largest absolute Gasteiger partial charge is 0.465 e. The third-order valence-corrected chi connectivity index (χ3v) is 2.01. The van der Waals surface area contributed by atoms with E-state index in [0.717, 1.165) is 12.8 Å². The Kier molecular flexibility index (Phi) is 9.41. The van der Waals surface area contributed by atoms with Crippen LogP contribution in [-0.4, -0.2) is 12.6 Å². The lowest BCUT2D eigenvalue weighted by Crippen LogP contribution is -2.04. The quantitative estimate of drug-likeness (QED) is 0.339. The topological polar surface area (TPSA) is 26.3 Å². The van der Waals surface area contributed by atoms with Crippen LogP contribution >= 0.6 is 0 Å². The Bertz CT molecular complexity index is 179. The van der Waals surface area contributed by atoms with Gasteiger partial charge in [0.2, 0.25) is 0 Å². The lowest BCUT2D eigenvalue weighted by molar-refractivity contribution is -0.142. The van der Waals surface area contributed by atoms with Gasteiger partial charge in [0.05, 0.1) is 6.61 Å². The molecule has 0 radical (unpaired) electrons. The van der Waals surface area contributed by atoms with Crippen LogP contribution in [0.25, 0.3) is 0 Å². The first-order valence-corrected chi connectivity index (χ1v) is 5.40. The molecule has 0 spiro atoms. The highest BCUT2D eigenvalue weighted by molar-refractivity contribution is 5.72. The van der Waals surface area contributed by atoms with Crippen LogP contribution < -0.4 is 0 Å². The molecule has 14 heavy (non-hydrogen) atoms. The molecule has 0 rings (SSSR count). The van der Waals surface area contributed by atoms with Gasteiger partial charge in [-0.05, 0) is 6.42 Å². The fraction of sp³-hybridized carbons (Fsp3) is 0.750. The number of hydrogen-bond donors (Lipinski definition) is 0. The van der Waals surface area contributed by atoms with Gasteiger partial charge < -0.3 is 4.74 Å². The van der Waals surface area contributed by atoms with E-state index in [1.165, 1.54) is 25.7 Å². The minimum Gasteiger partial charge on any atom is -0.465 e. The van der Waals surface area contributed by atoms with Gasteiger partial charge in [-0.3, -0.25) is 4.79 Å². The third-order valence-electron chi connectivity index (χ3n) is 2.01. The number of esters is 1. The van der Waals surface area contributed by atoms with Gasteiger partial charge >= 0.3 is 5.97 Å². The average molecular weight is 196 g/mol. The number of rotatable bonds is 8. The minimum atomic E-state index is -0.277. The summed E-state index contributed by atoms with van der Waals surface area (Å²) in [4.78, 5) is 10.8. The molecule has 0 bridgehead atoms. The van der Waals surface area contributed by atoms with Crippen LogP contribution in [0.4, 0.5) is 0 Å². The molecule has 0 saturated heterocycles. The third kappa shape index (κ3) is 9.12. The summed E-state index contributed by atoms with van der Waals surface area (Å²) in [6.07, 6.45) is 12.2. The van der Waals surface area contributed by atoms with Crippen molar-refractivity contribution in [2.75, 3.05) is 6.61 Å². The maximum absolute atomic E-state index is 10.8. The first-order chi connectivity index (χ1) is 6.81. The van der Waals surface area contributed by atoms with Crippen molar-refractivity contribution in [3.8, 4) is 12.3 Å². The molecule has 80 valence electrons. The van der Waals surface area contributed by atoms with E-state index >= 15 is 0 Å². The lowest BCUT2D eigenvalue weighted by atomic mass is 10.1. The molecule has 0 atom stereocenters. The second-order valence-corrected chi connectivity index (χ2v) is 3.37. The zero-order chi connectivity index (χ0) is 10.6. The number of hydrogen-bond acceptors (Lipinski definition) is 2. The summed E-state index contributed by atoms with van der Waals surface area (Å²) >= 11 is 0. The summed E-state index contributed by atoms with van der Waals surface area (Å²) in [5, 5.41) is 0. The SMILES string of the molecule is C#CCC(=O)OCCCCCCCC. The van der Waals surface area contributed by atoms with E-state index in [4.69, 9.17) is 11.2 Å². The first kappa shape index (κ1) is 13.0. The van der Waals surface area contributed by atoms with E-state index < -0.39 is 0 Å². The maximum atomic E-state index is 10.8. The van der Waals surface area contributed by atoms with Crippen LogP contribution in [0.3, 0.4) is 0 Å². The van der Waals surface area contributed by atoms with Gasteiger partial charge in [-0.2, -0.15) is 0 Å². The van der Waals surface area contributed by atoms with Crippen molar-refractivity contribution in [1.29, 1.82) is 0 Å². The van der Waals surface area contributed by atoms with Crippen molar-refractivity contribution < 1.29 is 9.53 Å². The summed E-state index contributed by atoms with van der Waals surface area (Å²) in [7, 11) is 0. The number of ether oxygens (including phenoxy) is 1. The van der Waals surface area contributed by atoms with Crippen LogP contribution in [0.2, 0.25) is 0 Å². The van der Waals surface area contributed by atoms with Gasteiger partial charge in [-0.25, -0.2) is 0 Å². The molecule has 0 saturated carbocycles. The summed E-state index contributed by atoms with van der Waals surface area (Å²) in [5.74, 6) is 1.98. The Hall–Kier alpha value is -0.970. The standard InChI is InChI=1S/C12H20O2/c1-3-5-6-7-8-9-11-14-12(13)10-4-2/h2H,3,5-11H2,1H3. The highest BCUT2D eigenvalue weighted by Crippen LogP contribution is 2.04. The molecule has 0 aliphatic carbocycles. The molecule has 0 N–H and O–H groups in total. The van der Waals surface area contributed by atoms with Crippen molar-refractivity contribution in [2.45, 2.75) is 51.9 Å². The van der Waals surface area contributed by atoms with E-state index in [1.807, 2.05) is 0 Å². The van der Waals surface area contributed by atoms with E-state index in [-0.39, 0.29) is 12.4 Å². The highest BCUT2D eigenvalue weighted by atomic mass is 16.5. The molecule has 0 aliphatic rings. The smallest absolute Gasteiger partial charge is 0.317 e. The predicted molar refractivity (Wildman–Crippen MR) is 57.8 cm³/mol. The van der Waals surface area contributed by atoms with Crippen LogP contribution in [0.15, 0.2) is 0 Å².